The summed E-state index contributed by atoms with van der Waals surface area (Å²) >= 11 is 0. The van der Waals surface area contributed by atoms with Crippen molar-refractivity contribution in [1.29, 1.82) is 0 Å². The van der Waals surface area contributed by atoms with Crippen molar-refractivity contribution in [3.63, 3.8) is 0 Å². The molecule has 3 atom stereocenters. The Bertz CT molecular complexity index is 332. The highest BCUT2D eigenvalue weighted by Crippen LogP contribution is 2.66. The Kier molecular flexibility index (Phi) is 3.53. The Morgan fingerprint density at radius 3 is 2.47 bits per heavy atom. The van der Waals surface area contributed by atoms with Gasteiger partial charge in [-0.2, -0.15) is 0 Å². The van der Waals surface area contributed by atoms with Gasteiger partial charge in [0.1, 0.15) is 0 Å². The zero-order valence-corrected chi connectivity index (χ0v) is 12.9. The summed E-state index contributed by atoms with van der Waals surface area (Å²) in [6, 6.07) is 0.737. The third-order valence-electron chi connectivity index (χ3n) is 6.25. The van der Waals surface area contributed by atoms with Gasteiger partial charge in [0.2, 0.25) is 0 Å². The quantitative estimate of drug-likeness (QED) is 0.692. The van der Waals surface area contributed by atoms with Crippen LogP contribution in [-0.4, -0.2) is 12.6 Å². The number of nitrogens with one attached hydrogen (secondary N) is 1. The molecule has 1 N–H and O–H groups in total. The standard InChI is InChI=1S/C18H31N/c1-4-6-7-16(19-5-2)18-11-14-8-15(12-18)10-17(3,9-14)13-18/h4,14-16,19H,1,5-13H2,2-3H3. The summed E-state index contributed by atoms with van der Waals surface area (Å²) in [4.78, 5) is 0. The average molecular weight is 261 g/mol. The summed E-state index contributed by atoms with van der Waals surface area (Å²) < 4.78 is 0. The van der Waals surface area contributed by atoms with Crippen LogP contribution >= 0.6 is 0 Å². The molecule has 4 bridgehead atoms. The normalized spacial score (nSPS) is 45.4. The lowest BCUT2D eigenvalue weighted by molar-refractivity contribution is -0.118. The van der Waals surface area contributed by atoms with Crippen LogP contribution in [0.5, 0.6) is 0 Å². The summed E-state index contributed by atoms with van der Waals surface area (Å²) in [6.07, 6.45) is 13.7. The predicted octanol–water partition coefficient (Wildman–Crippen LogP) is 4.54. The van der Waals surface area contributed by atoms with E-state index in [4.69, 9.17) is 0 Å². The first-order valence-corrected chi connectivity index (χ1v) is 8.43. The van der Waals surface area contributed by atoms with E-state index in [2.05, 4.69) is 31.8 Å². The molecule has 4 aliphatic carbocycles. The van der Waals surface area contributed by atoms with Crippen molar-refractivity contribution in [3.05, 3.63) is 12.7 Å². The molecule has 1 nitrogen and oxygen atoms in total. The third-order valence-corrected chi connectivity index (χ3v) is 6.25. The van der Waals surface area contributed by atoms with Gasteiger partial charge in [-0.05, 0) is 80.6 Å². The molecule has 0 saturated heterocycles. The van der Waals surface area contributed by atoms with Crippen molar-refractivity contribution in [1.82, 2.24) is 5.32 Å². The summed E-state index contributed by atoms with van der Waals surface area (Å²) in [5.41, 5.74) is 1.30. The highest BCUT2D eigenvalue weighted by Gasteiger charge is 2.57. The van der Waals surface area contributed by atoms with Crippen LogP contribution in [0.2, 0.25) is 0 Å². The van der Waals surface area contributed by atoms with E-state index in [1.54, 1.807) is 0 Å². The summed E-state index contributed by atoms with van der Waals surface area (Å²) in [5.74, 6) is 2.08. The van der Waals surface area contributed by atoms with Gasteiger partial charge < -0.3 is 5.32 Å². The highest BCUT2D eigenvalue weighted by molar-refractivity contribution is 5.10. The van der Waals surface area contributed by atoms with Gasteiger partial charge in [0, 0.05) is 6.04 Å². The molecule has 4 fully saturated rings. The van der Waals surface area contributed by atoms with Crippen LogP contribution in [0.1, 0.15) is 65.2 Å². The van der Waals surface area contributed by atoms with Crippen molar-refractivity contribution < 1.29 is 0 Å². The molecule has 4 rings (SSSR count). The van der Waals surface area contributed by atoms with E-state index >= 15 is 0 Å². The number of allylic oxidation sites excluding steroid dienone is 1. The summed E-state index contributed by atoms with van der Waals surface area (Å²) in [7, 11) is 0. The van der Waals surface area contributed by atoms with Gasteiger partial charge in [0.05, 0.1) is 0 Å². The van der Waals surface area contributed by atoms with Crippen LogP contribution in [0.3, 0.4) is 0 Å². The van der Waals surface area contributed by atoms with E-state index in [-0.39, 0.29) is 0 Å². The maximum absolute atomic E-state index is 3.92. The van der Waals surface area contributed by atoms with E-state index in [0.29, 0.717) is 10.8 Å². The zero-order valence-electron chi connectivity index (χ0n) is 12.9. The minimum atomic E-state index is 0.623. The van der Waals surface area contributed by atoms with Crippen LogP contribution in [0.15, 0.2) is 12.7 Å². The van der Waals surface area contributed by atoms with E-state index in [1.165, 1.54) is 51.4 Å². The first-order valence-electron chi connectivity index (χ1n) is 8.43. The van der Waals surface area contributed by atoms with E-state index < -0.39 is 0 Å². The number of rotatable bonds is 6. The minimum Gasteiger partial charge on any atom is -0.314 e. The molecule has 108 valence electrons. The first-order chi connectivity index (χ1) is 9.09. The molecule has 0 aliphatic heterocycles. The SMILES string of the molecule is C=CCCC(NCC)C12CC3CC(CC(C)(C3)C1)C2. The smallest absolute Gasteiger partial charge is 0.0127 e. The topological polar surface area (TPSA) is 12.0 Å². The molecule has 0 spiro atoms. The van der Waals surface area contributed by atoms with Gasteiger partial charge in [0.15, 0.2) is 0 Å². The van der Waals surface area contributed by atoms with Gasteiger partial charge in [-0.3, -0.25) is 0 Å². The molecular formula is C18H31N. The molecular weight excluding hydrogens is 230 g/mol. The molecule has 0 radical (unpaired) electrons. The fourth-order valence-corrected chi connectivity index (χ4v) is 6.36. The van der Waals surface area contributed by atoms with E-state index in [1.807, 2.05) is 0 Å². The Labute approximate surface area is 119 Å². The Morgan fingerprint density at radius 2 is 1.95 bits per heavy atom. The molecule has 4 aliphatic rings. The average Bonchev–Trinajstić information content (AvgIpc) is 2.31. The Morgan fingerprint density at radius 1 is 1.26 bits per heavy atom. The number of hydrogen-bond donors (Lipinski definition) is 1. The van der Waals surface area contributed by atoms with Gasteiger partial charge in [-0.25, -0.2) is 0 Å². The second-order valence-electron chi connectivity index (χ2n) is 8.11. The largest absolute Gasteiger partial charge is 0.314 e. The second-order valence-corrected chi connectivity index (χ2v) is 8.11. The van der Waals surface area contributed by atoms with Crippen molar-refractivity contribution in [2.75, 3.05) is 6.54 Å². The molecule has 0 aromatic carbocycles. The lowest BCUT2D eigenvalue weighted by Gasteiger charge is -2.63. The number of hydrogen-bond acceptors (Lipinski definition) is 1. The van der Waals surface area contributed by atoms with Gasteiger partial charge in [-0.15, -0.1) is 6.58 Å². The second kappa shape index (κ2) is 4.91. The molecule has 3 unspecified atom stereocenters. The first kappa shape index (κ1) is 13.7. The highest BCUT2D eigenvalue weighted by atomic mass is 14.9. The minimum absolute atomic E-state index is 0.623. The van der Waals surface area contributed by atoms with Crippen molar-refractivity contribution >= 4 is 0 Å². The molecule has 4 saturated carbocycles. The molecule has 0 aromatic rings. The third kappa shape index (κ3) is 2.39. The fourth-order valence-electron chi connectivity index (χ4n) is 6.36. The summed E-state index contributed by atoms with van der Waals surface area (Å²) in [6.45, 7) is 9.89. The monoisotopic (exact) mass is 261 g/mol. The lowest BCUT2D eigenvalue weighted by atomic mass is 9.43. The Hall–Kier alpha value is -0.300. The molecule has 19 heavy (non-hydrogen) atoms. The van der Waals surface area contributed by atoms with Crippen LogP contribution in [0.4, 0.5) is 0 Å². The maximum Gasteiger partial charge on any atom is 0.0127 e. The fraction of sp³-hybridized carbons (Fsp3) is 0.889. The predicted molar refractivity (Wildman–Crippen MR) is 82.1 cm³/mol. The van der Waals surface area contributed by atoms with Crippen molar-refractivity contribution in [2.24, 2.45) is 22.7 Å². The van der Waals surface area contributed by atoms with Crippen molar-refractivity contribution in [3.8, 4) is 0 Å². The maximum atomic E-state index is 3.92. The van der Waals surface area contributed by atoms with Gasteiger partial charge in [-0.1, -0.05) is 19.9 Å². The van der Waals surface area contributed by atoms with E-state index in [0.717, 1.165) is 24.4 Å². The molecule has 1 heteroatoms. The molecule has 0 heterocycles. The molecule has 0 amide bonds. The van der Waals surface area contributed by atoms with Gasteiger partial charge in [0.25, 0.3) is 0 Å². The zero-order chi connectivity index (χ0) is 13.5. The van der Waals surface area contributed by atoms with Gasteiger partial charge >= 0.3 is 0 Å². The van der Waals surface area contributed by atoms with Crippen LogP contribution in [0, 0.1) is 22.7 Å². The molecule has 0 aromatic heterocycles. The van der Waals surface area contributed by atoms with E-state index in [9.17, 15) is 0 Å². The van der Waals surface area contributed by atoms with Crippen LogP contribution < -0.4 is 5.32 Å². The summed E-state index contributed by atoms with van der Waals surface area (Å²) in [5, 5.41) is 3.84. The lowest BCUT2D eigenvalue weighted by Crippen LogP contribution is -2.58. The van der Waals surface area contributed by atoms with Crippen LogP contribution in [0.25, 0.3) is 0 Å². The van der Waals surface area contributed by atoms with Crippen LogP contribution in [-0.2, 0) is 0 Å². The Balaban J connectivity index is 1.82. The van der Waals surface area contributed by atoms with Crippen molar-refractivity contribution in [2.45, 2.75) is 71.3 Å².